The molecule has 0 aromatic rings. The van der Waals surface area contributed by atoms with Gasteiger partial charge < -0.3 is 5.11 Å². The maximum Gasteiger partial charge on any atom is 0.374 e. The third-order valence-corrected chi connectivity index (χ3v) is 2.73. The predicted molar refractivity (Wildman–Crippen MR) is 64.4 cm³/mol. The van der Waals surface area contributed by atoms with E-state index < -0.39 is 18.3 Å². The minimum Gasteiger partial charge on any atom is -0.477 e. The summed E-state index contributed by atoms with van der Waals surface area (Å²) in [6.07, 6.45) is 4.63. The van der Waals surface area contributed by atoms with Gasteiger partial charge in [0, 0.05) is 6.42 Å². The monoisotopic (exact) mass is 250 g/mol. The number of hydrogen-bond donors (Lipinski definition) is 1. The van der Waals surface area contributed by atoms with Crippen molar-refractivity contribution in [2.45, 2.75) is 71.6 Å². The molecule has 0 rings (SSSR count). The van der Waals surface area contributed by atoms with Crippen LogP contribution in [0.1, 0.15) is 65.7 Å². The molecule has 17 heavy (non-hydrogen) atoms. The third kappa shape index (κ3) is 9.07. The largest absolute Gasteiger partial charge is 0.477 e. The number of rotatable bonds is 8. The molecule has 0 aromatic heterocycles. The molecule has 0 amide bonds. The fourth-order valence-electron chi connectivity index (χ4n) is 1.64. The third-order valence-electron chi connectivity index (χ3n) is 2.73. The van der Waals surface area contributed by atoms with Crippen LogP contribution in [0.2, 0.25) is 0 Å². The molecular weight excluding hydrogens is 226 g/mol. The fourth-order valence-corrected chi connectivity index (χ4v) is 1.64. The lowest BCUT2D eigenvalue weighted by atomic mass is 9.89. The molecule has 2 nitrogen and oxygen atoms in total. The van der Waals surface area contributed by atoms with E-state index in [0.717, 1.165) is 25.7 Å². The first-order chi connectivity index (χ1) is 7.65. The SMILES string of the molecule is CC(C)(C)CCCCCCCC(F)(F)C(=O)O. The lowest BCUT2D eigenvalue weighted by Gasteiger charge is -2.17. The Morgan fingerprint density at radius 1 is 0.941 bits per heavy atom. The molecule has 0 heterocycles. The summed E-state index contributed by atoms with van der Waals surface area (Å²) in [4.78, 5) is 10.1. The molecule has 0 aromatic carbocycles. The molecule has 0 saturated carbocycles. The number of aliphatic carboxylic acids is 1. The average Bonchev–Trinajstić information content (AvgIpc) is 2.14. The first-order valence-corrected chi connectivity index (χ1v) is 6.26. The number of carboxylic acid groups (broad SMARTS) is 1. The molecule has 0 atom stereocenters. The van der Waals surface area contributed by atoms with Crippen molar-refractivity contribution in [2.24, 2.45) is 5.41 Å². The van der Waals surface area contributed by atoms with Crippen molar-refractivity contribution < 1.29 is 18.7 Å². The van der Waals surface area contributed by atoms with Gasteiger partial charge in [0.15, 0.2) is 0 Å². The van der Waals surface area contributed by atoms with Gasteiger partial charge in [-0.15, -0.1) is 0 Å². The number of carboxylic acids is 1. The molecule has 0 saturated heterocycles. The Labute approximate surface area is 102 Å². The summed E-state index contributed by atoms with van der Waals surface area (Å²) in [5, 5.41) is 8.22. The quantitative estimate of drug-likeness (QED) is 0.645. The zero-order valence-electron chi connectivity index (χ0n) is 11.1. The van der Waals surface area contributed by atoms with E-state index in [2.05, 4.69) is 20.8 Å². The minimum atomic E-state index is -3.55. The molecule has 1 N–H and O–H groups in total. The summed E-state index contributed by atoms with van der Waals surface area (Å²) in [5.41, 5.74) is 0.330. The second-order valence-corrected chi connectivity index (χ2v) is 5.84. The Morgan fingerprint density at radius 2 is 1.35 bits per heavy atom. The molecule has 0 radical (unpaired) electrons. The van der Waals surface area contributed by atoms with Crippen LogP contribution in [-0.2, 0) is 4.79 Å². The van der Waals surface area contributed by atoms with E-state index in [-0.39, 0.29) is 6.42 Å². The van der Waals surface area contributed by atoms with Crippen molar-refractivity contribution in [1.29, 1.82) is 0 Å². The van der Waals surface area contributed by atoms with Gasteiger partial charge in [-0.25, -0.2) is 4.79 Å². The van der Waals surface area contributed by atoms with Gasteiger partial charge >= 0.3 is 11.9 Å². The van der Waals surface area contributed by atoms with Crippen LogP contribution in [0.25, 0.3) is 0 Å². The number of carbonyl (C=O) groups is 1. The maximum absolute atomic E-state index is 12.7. The lowest BCUT2D eigenvalue weighted by molar-refractivity contribution is -0.165. The van der Waals surface area contributed by atoms with Crippen molar-refractivity contribution in [1.82, 2.24) is 0 Å². The van der Waals surface area contributed by atoms with Gasteiger partial charge in [0.05, 0.1) is 0 Å². The molecule has 0 bridgehead atoms. The Kier molecular flexibility index (Phi) is 6.65. The zero-order chi connectivity index (χ0) is 13.5. The zero-order valence-corrected chi connectivity index (χ0v) is 11.1. The molecule has 0 aliphatic heterocycles. The highest BCUT2D eigenvalue weighted by Gasteiger charge is 2.37. The summed E-state index contributed by atoms with van der Waals surface area (Å²) in [6, 6.07) is 0. The second kappa shape index (κ2) is 6.92. The summed E-state index contributed by atoms with van der Waals surface area (Å²) < 4.78 is 25.4. The van der Waals surface area contributed by atoms with Crippen LogP contribution in [0.3, 0.4) is 0 Å². The van der Waals surface area contributed by atoms with Gasteiger partial charge in [0.2, 0.25) is 0 Å². The molecular formula is C13H24F2O2. The molecule has 0 aliphatic carbocycles. The minimum absolute atomic E-state index is 0.287. The second-order valence-electron chi connectivity index (χ2n) is 5.84. The van der Waals surface area contributed by atoms with E-state index >= 15 is 0 Å². The Hall–Kier alpha value is -0.670. The number of alkyl halides is 2. The highest BCUT2D eigenvalue weighted by molar-refractivity contribution is 5.75. The smallest absolute Gasteiger partial charge is 0.374 e. The average molecular weight is 250 g/mol. The molecule has 4 heteroatoms. The number of halogens is 2. The van der Waals surface area contributed by atoms with Gasteiger partial charge in [-0.3, -0.25) is 0 Å². The lowest BCUT2D eigenvalue weighted by Crippen LogP contribution is -2.27. The topological polar surface area (TPSA) is 37.3 Å². The van der Waals surface area contributed by atoms with E-state index in [1.807, 2.05) is 0 Å². The highest BCUT2D eigenvalue weighted by atomic mass is 19.3. The van der Waals surface area contributed by atoms with Crippen LogP contribution in [0, 0.1) is 5.41 Å². The maximum atomic E-state index is 12.7. The van der Waals surface area contributed by atoms with E-state index in [1.165, 1.54) is 0 Å². The van der Waals surface area contributed by atoms with Gasteiger partial charge in [0.1, 0.15) is 0 Å². The normalized spacial score (nSPS) is 12.8. The van der Waals surface area contributed by atoms with Crippen LogP contribution < -0.4 is 0 Å². The standard InChI is InChI=1S/C13H24F2O2/c1-12(2,3)9-7-5-4-6-8-10-13(14,15)11(16)17/h4-10H2,1-3H3,(H,16,17). The Balaban J connectivity index is 3.45. The van der Waals surface area contributed by atoms with E-state index in [9.17, 15) is 13.6 Å². The Bertz CT molecular complexity index is 232. The van der Waals surface area contributed by atoms with Crippen LogP contribution in [0.4, 0.5) is 8.78 Å². The molecule has 0 fully saturated rings. The molecule has 102 valence electrons. The van der Waals surface area contributed by atoms with Crippen molar-refractivity contribution in [3.8, 4) is 0 Å². The highest BCUT2D eigenvalue weighted by Crippen LogP contribution is 2.24. The molecule has 0 unspecified atom stereocenters. The predicted octanol–water partition coefficient (Wildman–Crippen LogP) is 4.48. The van der Waals surface area contributed by atoms with Crippen molar-refractivity contribution in [3.05, 3.63) is 0 Å². The summed E-state index contributed by atoms with van der Waals surface area (Å²) in [5.74, 6) is -5.56. The van der Waals surface area contributed by atoms with Gasteiger partial charge in [-0.1, -0.05) is 46.5 Å². The van der Waals surface area contributed by atoms with E-state index in [1.54, 1.807) is 0 Å². The van der Waals surface area contributed by atoms with Crippen LogP contribution >= 0.6 is 0 Å². The van der Waals surface area contributed by atoms with E-state index in [0.29, 0.717) is 11.8 Å². The van der Waals surface area contributed by atoms with Gasteiger partial charge in [-0.2, -0.15) is 8.78 Å². The summed E-state index contributed by atoms with van der Waals surface area (Å²) in [7, 11) is 0. The van der Waals surface area contributed by atoms with Gasteiger partial charge in [0.25, 0.3) is 0 Å². The first kappa shape index (κ1) is 16.3. The molecule has 0 spiro atoms. The van der Waals surface area contributed by atoms with Crippen molar-refractivity contribution >= 4 is 5.97 Å². The van der Waals surface area contributed by atoms with E-state index in [4.69, 9.17) is 5.11 Å². The summed E-state index contributed by atoms with van der Waals surface area (Å²) >= 11 is 0. The number of unbranched alkanes of at least 4 members (excludes halogenated alkanes) is 4. The van der Waals surface area contributed by atoms with Gasteiger partial charge in [-0.05, 0) is 18.3 Å². The Morgan fingerprint density at radius 3 is 1.76 bits per heavy atom. The van der Waals surface area contributed by atoms with Crippen molar-refractivity contribution in [2.75, 3.05) is 0 Å². The first-order valence-electron chi connectivity index (χ1n) is 6.26. The number of hydrogen-bond acceptors (Lipinski definition) is 1. The van der Waals surface area contributed by atoms with Crippen LogP contribution in [0.15, 0.2) is 0 Å². The fraction of sp³-hybridized carbons (Fsp3) is 0.923. The molecule has 0 aliphatic rings. The summed E-state index contributed by atoms with van der Waals surface area (Å²) in [6.45, 7) is 6.54. The van der Waals surface area contributed by atoms with Crippen molar-refractivity contribution in [3.63, 3.8) is 0 Å². The van der Waals surface area contributed by atoms with Crippen LogP contribution in [0.5, 0.6) is 0 Å². The van der Waals surface area contributed by atoms with Crippen LogP contribution in [-0.4, -0.2) is 17.0 Å².